The number of nitrogens with zero attached hydrogens (tertiary/aromatic N) is 5. The smallest absolute Gasteiger partial charge is 0.227 e. The number of hydrogen-bond acceptors (Lipinski definition) is 8. The van der Waals surface area contributed by atoms with Crippen molar-refractivity contribution in [1.82, 2.24) is 19.8 Å². The molecule has 8 heteroatoms. The van der Waals surface area contributed by atoms with Crippen molar-refractivity contribution >= 4 is 22.7 Å². The lowest BCUT2D eigenvalue weighted by molar-refractivity contribution is 0.0904. The Balaban J connectivity index is 1.50. The summed E-state index contributed by atoms with van der Waals surface area (Å²) in [7, 11) is 3.89. The van der Waals surface area contributed by atoms with Crippen LogP contribution in [0.25, 0.3) is 10.9 Å². The lowest BCUT2D eigenvalue weighted by Gasteiger charge is -2.26. The Bertz CT molecular complexity index is 1070. The summed E-state index contributed by atoms with van der Waals surface area (Å²) in [6.07, 6.45) is 5.61. The maximum Gasteiger partial charge on any atom is 0.227 e. The van der Waals surface area contributed by atoms with Gasteiger partial charge in [-0.25, -0.2) is 4.98 Å². The van der Waals surface area contributed by atoms with Crippen LogP contribution in [-0.2, 0) is 4.74 Å². The number of rotatable bonds is 5. The Morgan fingerprint density at radius 1 is 1.03 bits per heavy atom. The van der Waals surface area contributed by atoms with Crippen molar-refractivity contribution in [3.05, 3.63) is 17.7 Å². The Hall–Kier alpha value is -2.60. The molecule has 2 aromatic rings. The number of likely N-dealkylation sites (tertiary alicyclic amines) is 1. The average molecular weight is 479 g/mol. The van der Waals surface area contributed by atoms with Crippen LogP contribution in [0.3, 0.4) is 0 Å². The van der Waals surface area contributed by atoms with E-state index in [1.165, 1.54) is 12.8 Å². The second kappa shape index (κ2) is 11.4. The molecular formula is C27H38N6O2. The van der Waals surface area contributed by atoms with Gasteiger partial charge in [-0.15, -0.1) is 0 Å². The number of fused-ring (bicyclic) bond motifs is 1. The molecule has 0 radical (unpaired) electrons. The minimum atomic E-state index is 0.343. The number of ether oxygens (including phenoxy) is 2. The van der Waals surface area contributed by atoms with Gasteiger partial charge < -0.3 is 24.6 Å². The zero-order valence-electron chi connectivity index (χ0n) is 21.2. The van der Waals surface area contributed by atoms with Gasteiger partial charge in [0.25, 0.3) is 0 Å². The second-order valence-corrected chi connectivity index (χ2v) is 9.90. The maximum absolute atomic E-state index is 5.76. The minimum absolute atomic E-state index is 0.343. The van der Waals surface area contributed by atoms with E-state index >= 15 is 0 Å². The van der Waals surface area contributed by atoms with Crippen molar-refractivity contribution < 1.29 is 9.47 Å². The number of anilines is 2. The van der Waals surface area contributed by atoms with E-state index in [1.807, 2.05) is 0 Å². The first-order valence-electron chi connectivity index (χ1n) is 13.1. The summed E-state index contributed by atoms with van der Waals surface area (Å²) in [6.45, 7) is 8.67. The summed E-state index contributed by atoms with van der Waals surface area (Å²) >= 11 is 0. The van der Waals surface area contributed by atoms with Gasteiger partial charge in [-0.1, -0.05) is 11.8 Å². The summed E-state index contributed by atoms with van der Waals surface area (Å²) in [4.78, 5) is 17.2. The van der Waals surface area contributed by atoms with Crippen molar-refractivity contribution in [2.45, 2.75) is 38.1 Å². The van der Waals surface area contributed by atoms with Gasteiger partial charge in [0.15, 0.2) is 0 Å². The van der Waals surface area contributed by atoms with E-state index < -0.39 is 0 Å². The van der Waals surface area contributed by atoms with E-state index in [1.54, 1.807) is 7.11 Å². The van der Waals surface area contributed by atoms with Gasteiger partial charge >= 0.3 is 0 Å². The third-order valence-corrected chi connectivity index (χ3v) is 7.29. The van der Waals surface area contributed by atoms with E-state index in [-0.39, 0.29) is 0 Å². The largest absolute Gasteiger partial charge is 0.495 e. The molecule has 3 fully saturated rings. The van der Waals surface area contributed by atoms with Gasteiger partial charge in [-0.05, 0) is 70.9 Å². The van der Waals surface area contributed by atoms with Crippen LogP contribution in [0, 0.1) is 11.8 Å². The molecule has 0 bridgehead atoms. The molecule has 188 valence electrons. The normalized spacial score (nSPS) is 20.5. The van der Waals surface area contributed by atoms with Crippen LogP contribution in [0.1, 0.15) is 37.7 Å². The van der Waals surface area contributed by atoms with Gasteiger partial charge in [0.05, 0.1) is 24.7 Å². The fourth-order valence-electron chi connectivity index (χ4n) is 5.13. The van der Waals surface area contributed by atoms with Crippen LogP contribution in [0.4, 0.5) is 11.8 Å². The van der Waals surface area contributed by atoms with Crippen molar-refractivity contribution in [2.75, 3.05) is 83.4 Å². The Morgan fingerprint density at radius 3 is 2.66 bits per heavy atom. The Labute approximate surface area is 209 Å². The molecule has 4 heterocycles. The summed E-state index contributed by atoms with van der Waals surface area (Å²) < 4.78 is 11.3. The quantitative estimate of drug-likeness (QED) is 0.659. The van der Waals surface area contributed by atoms with Crippen molar-refractivity contribution in [3.63, 3.8) is 0 Å². The molecule has 3 aliphatic rings. The number of methoxy groups -OCH3 is 1. The van der Waals surface area contributed by atoms with Gasteiger partial charge in [-0.2, -0.15) is 4.98 Å². The molecular weight excluding hydrogens is 440 g/mol. The maximum atomic E-state index is 5.76. The molecule has 8 nitrogen and oxygen atoms in total. The first-order valence-corrected chi connectivity index (χ1v) is 13.1. The lowest BCUT2D eigenvalue weighted by atomic mass is 10.1. The number of nitrogens with one attached hydrogen (secondary N) is 1. The highest BCUT2D eigenvalue weighted by molar-refractivity contribution is 5.92. The highest BCUT2D eigenvalue weighted by Gasteiger charge is 2.21. The van der Waals surface area contributed by atoms with Crippen LogP contribution >= 0.6 is 0 Å². The first kappa shape index (κ1) is 24.1. The van der Waals surface area contributed by atoms with Gasteiger partial charge in [-0.3, -0.25) is 4.90 Å². The zero-order chi connectivity index (χ0) is 24.0. The fourth-order valence-corrected chi connectivity index (χ4v) is 5.13. The molecule has 5 rings (SSSR count). The molecule has 0 amide bonds. The topological polar surface area (TPSA) is 66.0 Å². The predicted molar refractivity (Wildman–Crippen MR) is 140 cm³/mol. The number of benzene rings is 1. The summed E-state index contributed by atoms with van der Waals surface area (Å²) in [6, 6.07) is 4.47. The molecule has 1 aromatic carbocycles. The molecule has 0 saturated carbocycles. The van der Waals surface area contributed by atoms with Crippen molar-refractivity contribution in [1.29, 1.82) is 0 Å². The highest BCUT2D eigenvalue weighted by Crippen LogP contribution is 2.31. The zero-order valence-corrected chi connectivity index (χ0v) is 21.2. The molecule has 0 aliphatic carbocycles. The third-order valence-electron chi connectivity index (χ3n) is 7.29. The molecule has 3 saturated heterocycles. The van der Waals surface area contributed by atoms with Gasteiger partial charge in [0.1, 0.15) is 11.6 Å². The van der Waals surface area contributed by atoms with Crippen LogP contribution in [-0.4, -0.2) is 99.0 Å². The molecule has 35 heavy (non-hydrogen) atoms. The van der Waals surface area contributed by atoms with E-state index in [2.05, 4.69) is 51.0 Å². The second-order valence-electron chi connectivity index (χ2n) is 9.90. The van der Waals surface area contributed by atoms with Crippen LogP contribution < -0.4 is 15.0 Å². The molecule has 3 aliphatic heterocycles. The van der Waals surface area contributed by atoms with Crippen molar-refractivity contribution in [2.24, 2.45) is 0 Å². The summed E-state index contributed by atoms with van der Waals surface area (Å²) in [5.74, 6) is 9.17. The molecule has 0 atom stereocenters. The third kappa shape index (κ3) is 5.97. The van der Waals surface area contributed by atoms with E-state index in [0.29, 0.717) is 6.04 Å². The highest BCUT2D eigenvalue weighted by atomic mass is 16.5. The van der Waals surface area contributed by atoms with E-state index in [9.17, 15) is 0 Å². The molecule has 0 spiro atoms. The lowest BCUT2D eigenvalue weighted by Crippen LogP contribution is -2.31. The molecule has 1 aromatic heterocycles. The molecule has 0 unspecified atom stereocenters. The minimum Gasteiger partial charge on any atom is -0.495 e. The van der Waals surface area contributed by atoms with Crippen LogP contribution in [0.15, 0.2) is 12.1 Å². The fraction of sp³-hybridized carbons (Fsp3) is 0.630. The average Bonchev–Trinajstić information content (AvgIpc) is 3.30. The first-order chi connectivity index (χ1) is 17.2. The van der Waals surface area contributed by atoms with Crippen molar-refractivity contribution in [3.8, 4) is 17.6 Å². The van der Waals surface area contributed by atoms with Crippen LogP contribution in [0.5, 0.6) is 5.75 Å². The predicted octanol–water partition coefficient (Wildman–Crippen LogP) is 2.82. The number of likely N-dealkylation sites (N-methyl/N-ethyl adjacent to an activating group) is 1. The SMILES string of the molecule is COc1cc2c(NC3CCOCC3)nc(N3CCCN(C)CC3)nc2cc1C#CCN1CCCC1. The van der Waals surface area contributed by atoms with E-state index in [4.69, 9.17) is 19.4 Å². The number of aromatic nitrogens is 2. The van der Waals surface area contributed by atoms with Crippen LogP contribution in [0.2, 0.25) is 0 Å². The van der Waals surface area contributed by atoms with Gasteiger partial charge in [0.2, 0.25) is 5.95 Å². The Morgan fingerprint density at radius 2 is 1.86 bits per heavy atom. The summed E-state index contributed by atoms with van der Waals surface area (Å²) in [5, 5.41) is 4.69. The van der Waals surface area contributed by atoms with Gasteiger partial charge in [0, 0.05) is 44.3 Å². The summed E-state index contributed by atoms with van der Waals surface area (Å²) in [5.41, 5.74) is 1.80. The standard InChI is InChI=1S/C27H38N6O2/c1-31-10-6-14-33(16-15-31)27-29-24-19-21(7-5-13-32-11-3-4-12-32)25(34-2)20-23(24)26(30-27)28-22-8-17-35-18-9-22/h19-20,22H,3-4,6,8-18H2,1-2H3,(H,28,29,30). The number of hydrogen-bond donors (Lipinski definition) is 1. The Kier molecular flexibility index (Phi) is 7.87. The monoisotopic (exact) mass is 478 g/mol. The van der Waals surface area contributed by atoms with E-state index in [0.717, 1.165) is 112 Å². The molecule has 1 N–H and O–H groups in total.